The lowest BCUT2D eigenvalue weighted by molar-refractivity contribution is 0.0703. The number of hydrogen-bond acceptors (Lipinski definition) is 4. The summed E-state index contributed by atoms with van der Waals surface area (Å²) in [5, 5.41) is 12.9. The van der Waals surface area contributed by atoms with Crippen molar-refractivity contribution in [2.45, 2.75) is 0 Å². The first-order valence-corrected chi connectivity index (χ1v) is 5.69. The normalized spacial score (nSPS) is 10.1. The predicted molar refractivity (Wildman–Crippen MR) is 63.4 cm³/mol. The minimum Gasteiger partial charge on any atom is -0.477 e. The van der Waals surface area contributed by atoms with Crippen molar-refractivity contribution >= 4 is 28.9 Å². The molecule has 0 aliphatic rings. The molecule has 0 unspecified atom stereocenters. The molecule has 1 amide bonds. The molecule has 2 rings (SSSR count). The summed E-state index contributed by atoms with van der Waals surface area (Å²) in [6, 6.07) is 3.81. The lowest BCUT2D eigenvalue weighted by Gasteiger charge is -2.03. The van der Waals surface area contributed by atoms with E-state index >= 15 is 0 Å². The van der Waals surface area contributed by atoms with Crippen molar-refractivity contribution in [3.05, 3.63) is 46.2 Å². The quantitative estimate of drug-likeness (QED) is 0.835. The minimum atomic E-state index is -1.11. The molecule has 0 saturated carbocycles. The molecule has 92 valence electrons. The van der Waals surface area contributed by atoms with Crippen LogP contribution in [0.4, 0.5) is 10.1 Å². The second-order valence-corrected chi connectivity index (χ2v) is 4.21. The smallest absolute Gasteiger partial charge is 0.348 e. The van der Waals surface area contributed by atoms with Crippen LogP contribution >= 0.6 is 11.3 Å². The van der Waals surface area contributed by atoms with E-state index in [1.807, 2.05) is 0 Å². The number of thiophene rings is 1. The van der Waals surface area contributed by atoms with Crippen molar-refractivity contribution in [3.63, 3.8) is 0 Å². The van der Waals surface area contributed by atoms with Crippen molar-refractivity contribution in [3.8, 4) is 0 Å². The summed E-state index contributed by atoms with van der Waals surface area (Å²) in [5.74, 6) is -2.34. The van der Waals surface area contributed by atoms with E-state index in [-0.39, 0.29) is 16.1 Å². The molecule has 0 aliphatic heterocycles. The number of hydrogen-bond donors (Lipinski definition) is 2. The molecule has 2 heterocycles. The average Bonchev–Trinajstić information content (AvgIpc) is 2.78. The maximum absolute atomic E-state index is 12.6. The van der Waals surface area contributed by atoms with E-state index in [2.05, 4.69) is 10.3 Å². The van der Waals surface area contributed by atoms with Gasteiger partial charge in [0.05, 0.1) is 11.3 Å². The second kappa shape index (κ2) is 4.92. The number of aromatic nitrogens is 1. The van der Waals surface area contributed by atoms with Crippen LogP contribution in [-0.2, 0) is 0 Å². The van der Waals surface area contributed by atoms with Gasteiger partial charge in [0, 0.05) is 6.20 Å². The van der Waals surface area contributed by atoms with Gasteiger partial charge in [0.15, 0.2) is 0 Å². The van der Waals surface area contributed by atoms with E-state index in [1.165, 1.54) is 12.1 Å². The molecule has 0 atom stereocenters. The molecule has 0 spiro atoms. The number of aromatic carboxylic acids is 1. The van der Waals surface area contributed by atoms with Crippen LogP contribution in [0.3, 0.4) is 0 Å². The molecule has 0 bridgehead atoms. The van der Waals surface area contributed by atoms with Gasteiger partial charge in [0.25, 0.3) is 5.91 Å². The molecule has 7 heteroatoms. The van der Waals surface area contributed by atoms with Gasteiger partial charge in [0.1, 0.15) is 4.88 Å². The van der Waals surface area contributed by atoms with Gasteiger partial charge in [-0.1, -0.05) is 0 Å². The van der Waals surface area contributed by atoms with Crippen LogP contribution in [0, 0.1) is 5.95 Å². The van der Waals surface area contributed by atoms with Gasteiger partial charge in [-0.2, -0.15) is 4.39 Å². The molecule has 5 nitrogen and oxygen atoms in total. The summed E-state index contributed by atoms with van der Waals surface area (Å²) in [6.45, 7) is 0. The molecule has 0 aliphatic carbocycles. The SMILES string of the molecule is O=C(Nc1ccsc1C(=O)O)c1ccc(F)nc1. The number of carboxylic acids is 1. The maximum Gasteiger partial charge on any atom is 0.348 e. The van der Waals surface area contributed by atoms with E-state index in [4.69, 9.17) is 5.11 Å². The highest BCUT2D eigenvalue weighted by Crippen LogP contribution is 2.22. The fraction of sp³-hybridized carbons (Fsp3) is 0. The zero-order valence-electron chi connectivity index (χ0n) is 8.88. The van der Waals surface area contributed by atoms with Gasteiger partial charge in [-0.05, 0) is 23.6 Å². The third kappa shape index (κ3) is 2.51. The standard InChI is InChI=1S/C11H7FN2O3S/c12-8-2-1-6(5-13-8)10(15)14-7-3-4-18-9(7)11(16)17/h1-5H,(H,14,15)(H,16,17). The van der Waals surface area contributed by atoms with E-state index in [1.54, 1.807) is 5.38 Å². The Morgan fingerprint density at radius 3 is 2.72 bits per heavy atom. The monoisotopic (exact) mass is 266 g/mol. The number of carbonyl (C=O) groups is 2. The van der Waals surface area contributed by atoms with Gasteiger partial charge in [-0.25, -0.2) is 9.78 Å². The molecule has 18 heavy (non-hydrogen) atoms. The van der Waals surface area contributed by atoms with E-state index < -0.39 is 17.8 Å². The number of halogens is 1. The summed E-state index contributed by atoms with van der Waals surface area (Å²) in [4.78, 5) is 26.0. The Balaban J connectivity index is 2.19. The Morgan fingerprint density at radius 2 is 2.11 bits per heavy atom. The Labute approximate surface area is 105 Å². The van der Waals surface area contributed by atoms with Crippen LogP contribution in [0.15, 0.2) is 29.8 Å². The number of nitrogens with one attached hydrogen (secondary N) is 1. The van der Waals surface area contributed by atoms with E-state index in [0.29, 0.717) is 0 Å². The Morgan fingerprint density at radius 1 is 1.33 bits per heavy atom. The number of carbonyl (C=O) groups excluding carboxylic acids is 1. The number of carboxylic acid groups (broad SMARTS) is 1. The van der Waals surface area contributed by atoms with Crippen LogP contribution in [0.25, 0.3) is 0 Å². The molecule has 0 fully saturated rings. The van der Waals surface area contributed by atoms with Crippen LogP contribution in [-0.4, -0.2) is 22.0 Å². The molecule has 2 aromatic rings. The molecule has 0 aromatic carbocycles. The maximum atomic E-state index is 12.6. The highest BCUT2D eigenvalue weighted by atomic mass is 32.1. The van der Waals surface area contributed by atoms with Crippen LogP contribution in [0.2, 0.25) is 0 Å². The molecule has 0 radical (unpaired) electrons. The third-order valence-corrected chi connectivity index (χ3v) is 3.00. The van der Waals surface area contributed by atoms with Gasteiger partial charge in [0.2, 0.25) is 5.95 Å². The zero-order chi connectivity index (χ0) is 13.1. The minimum absolute atomic E-state index is 0.0402. The van der Waals surface area contributed by atoms with Crippen LogP contribution < -0.4 is 5.32 Å². The van der Waals surface area contributed by atoms with Crippen molar-refractivity contribution in [1.29, 1.82) is 0 Å². The number of pyridine rings is 1. The first kappa shape index (κ1) is 12.2. The van der Waals surface area contributed by atoms with Gasteiger partial charge < -0.3 is 10.4 Å². The van der Waals surface area contributed by atoms with Crippen molar-refractivity contribution in [1.82, 2.24) is 4.98 Å². The summed E-state index contributed by atoms with van der Waals surface area (Å²) in [5.41, 5.74) is 0.362. The first-order valence-electron chi connectivity index (χ1n) is 4.81. The Hall–Kier alpha value is -2.28. The number of amides is 1. The number of anilines is 1. The predicted octanol–water partition coefficient (Wildman–Crippen LogP) is 2.23. The van der Waals surface area contributed by atoms with E-state index in [9.17, 15) is 14.0 Å². The molecule has 0 saturated heterocycles. The van der Waals surface area contributed by atoms with Crippen molar-refractivity contribution in [2.75, 3.05) is 5.32 Å². The topological polar surface area (TPSA) is 79.3 Å². The van der Waals surface area contributed by atoms with Gasteiger partial charge >= 0.3 is 5.97 Å². The van der Waals surface area contributed by atoms with Crippen molar-refractivity contribution < 1.29 is 19.1 Å². The molecular weight excluding hydrogens is 259 g/mol. The Bertz CT molecular complexity index is 595. The highest BCUT2D eigenvalue weighted by Gasteiger charge is 2.15. The summed E-state index contributed by atoms with van der Waals surface area (Å²) in [6.07, 6.45) is 1.08. The third-order valence-electron chi connectivity index (χ3n) is 2.10. The largest absolute Gasteiger partial charge is 0.477 e. The number of nitrogens with zero attached hydrogens (tertiary/aromatic N) is 1. The Kier molecular flexibility index (Phi) is 3.33. The zero-order valence-corrected chi connectivity index (χ0v) is 9.70. The number of rotatable bonds is 3. The average molecular weight is 266 g/mol. The van der Waals surface area contributed by atoms with E-state index in [0.717, 1.165) is 23.6 Å². The summed E-state index contributed by atoms with van der Waals surface area (Å²) >= 11 is 1.01. The first-order chi connectivity index (χ1) is 8.58. The van der Waals surface area contributed by atoms with Crippen LogP contribution in [0.5, 0.6) is 0 Å². The molecular formula is C11H7FN2O3S. The lowest BCUT2D eigenvalue weighted by atomic mass is 10.2. The fourth-order valence-electron chi connectivity index (χ4n) is 1.28. The summed E-state index contributed by atoms with van der Waals surface area (Å²) < 4.78 is 12.6. The molecule has 2 N–H and O–H groups in total. The highest BCUT2D eigenvalue weighted by molar-refractivity contribution is 7.12. The fourth-order valence-corrected chi connectivity index (χ4v) is 1.96. The van der Waals surface area contributed by atoms with Gasteiger partial charge in [-0.3, -0.25) is 4.79 Å². The van der Waals surface area contributed by atoms with Crippen LogP contribution in [0.1, 0.15) is 20.0 Å². The summed E-state index contributed by atoms with van der Waals surface area (Å²) in [7, 11) is 0. The second-order valence-electron chi connectivity index (χ2n) is 3.29. The molecule has 2 aromatic heterocycles. The van der Waals surface area contributed by atoms with Gasteiger partial charge in [-0.15, -0.1) is 11.3 Å². The lowest BCUT2D eigenvalue weighted by Crippen LogP contribution is -2.13. The van der Waals surface area contributed by atoms with Crippen molar-refractivity contribution in [2.24, 2.45) is 0 Å².